The van der Waals surface area contributed by atoms with E-state index in [1.165, 1.54) is 6.07 Å². The molecule has 0 fully saturated rings. The summed E-state index contributed by atoms with van der Waals surface area (Å²) in [6, 6.07) is 1.51. The first-order chi connectivity index (χ1) is 6.98. The number of thiophene rings is 1. The summed E-state index contributed by atoms with van der Waals surface area (Å²) in [6.45, 7) is 0. The van der Waals surface area contributed by atoms with E-state index in [0.717, 1.165) is 47.5 Å². The molecule has 0 aromatic carbocycles. The van der Waals surface area contributed by atoms with Crippen molar-refractivity contribution < 1.29 is 18.3 Å². The molecule has 1 unspecified atom stereocenters. The molecule has 0 spiro atoms. The van der Waals surface area contributed by atoms with Crippen LogP contribution in [0.15, 0.2) is 6.07 Å². The lowest BCUT2D eigenvalue weighted by Crippen LogP contribution is -2.19. The fourth-order valence-corrected chi connectivity index (χ4v) is 3.08. The molecule has 0 saturated carbocycles. The summed E-state index contributed by atoms with van der Waals surface area (Å²) in [5.74, 6) is 0. The molecule has 1 nitrogen and oxygen atoms in total. The van der Waals surface area contributed by atoms with E-state index >= 15 is 0 Å². The molecule has 1 aromatic heterocycles. The maximum Gasteiger partial charge on any atom is 0.419 e. The van der Waals surface area contributed by atoms with Gasteiger partial charge in [-0.1, -0.05) is 0 Å². The molecule has 1 aromatic rings. The van der Waals surface area contributed by atoms with Gasteiger partial charge in [0, 0.05) is 9.75 Å². The standard InChI is InChI=1S/C10H11F3OS/c11-10(12,13)9(14)8-5-6-3-1-2-4-7(6)15-8/h5,9,14H,1-4H2. The van der Waals surface area contributed by atoms with Gasteiger partial charge >= 0.3 is 6.18 Å². The van der Waals surface area contributed by atoms with Crippen molar-refractivity contribution in [1.82, 2.24) is 0 Å². The predicted octanol–water partition coefficient (Wildman–Crippen LogP) is 3.22. The van der Waals surface area contributed by atoms with Crippen molar-refractivity contribution in [3.63, 3.8) is 0 Å². The Labute approximate surface area is 89.5 Å². The van der Waals surface area contributed by atoms with Gasteiger partial charge in [-0.2, -0.15) is 13.2 Å². The van der Waals surface area contributed by atoms with E-state index < -0.39 is 12.3 Å². The molecule has 5 heteroatoms. The minimum Gasteiger partial charge on any atom is -0.379 e. The van der Waals surface area contributed by atoms with Crippen LogP contribution in [0.1, 0.15) is 34.3 Å². The maximum absolute atomic E-state index is 12.3. The van der Waals surface area contributed by atoms with Crippen LogP contribution >= 0.6 is 11.3 Å². The fraction of sp³-hybridized carbons (Fsp3) is 0.600. The van der Waals surface area contributed by atoms with Crippen LogP contribution in [-0.2, 0) is 12.8 Å². The van der Waals surface area contributed by atoms with Crippen molar-refractivity contribution in [1.29, 1.82) is 0 Å². The highest BCUT2D eigenvalue weighted by molar-refractivity contribution is 7.12. The fourth-order valence-electron chi connectivity index (χ4n) is 1.81. The van der Waals surface area contributed by atoms with Crippen LogP contribution in [0, 0.1) is 0 Å². The highest BCUT2D eigenvalue weighted by Gasteiger charge is 2.40. The van der Waals surface area contributed by atoms with E-state index in [0.29, 0.717) is 0 Å². The zero-order chi connectivity index (χ0) is 11.1. The predicted molar refractivity (Wildman–Crippen MR) is 52.0 cm³/mol. The monoisotopic (exact) mass is 236 g/mol. The summed E-state index contributed by atoms with van der Waals surface area (Å²) in [7, 11) is 0. The Kier molecular flexibility index (Phi) is 2.77. The van der Waals surface area contributed by atoms with Gasteiger partial charge in [-0.25, -0.2) is 0 Å². The molecule has 1 atom stereocenters. The van der Waals surface area contributed by atoms with Gasteiger partial charge in [-0.05, 0) is 37.3 Å². The number of hydrogen-bond donors (Lipinski definition) is 1. The van der Waals surface area contributed by atoms with Crippen LogP contribution in [-0.4, -0.2) is 11.3 Å². The molecule has 15 heavy (non-hydrogen) atoms. The van der Waals surface area contributed by atoms with Crippen molar-refractivity contribution in [2.45, 2.75) is 38.0 Å². The molecule has 1 aliphatic rings. The molecule has 1 N–H and O–H groups in total. The minimum atomic E-state index is -4.55. The van der Waals surface area contributed by atoms with Gasteiger partial charge < -0.3 is 5.11 Å². The maximum atomic E-state index is 12.3. The van der Waals surface area contributed by atoms with Crippen LogP contribution in [0.3, 0.4) is 0 Å². The van der Waals surface area contributed by atoms with Crippen molar-refractivity contribution in [2.75, 3.05) is 0 Å². The highest BCUT2D eigenvalue weighted by atomic mass is 32.1. The Morgan fingerprint density at radius 1 is 1.27 bits per heavy atom. The quantitative estimate of drug-likeness (QED) is 0.793. The van der Waals surface area contributed by atoms with Crippen LogP contribution in [0.5, 0.6) is 0 Å². The van der Waals surface area contributed by atoms with Gasteiger partial charge in [0.25, 0.3) is 0 Å². The summed E-state index contributed by atoms with van der Waals surface area (Å²) in [5, 5.41) is 9.09. The SMILES string of the molecule is OC(c1cc2c(s1)CCCC2)C(F)(F)F. The largest absolute Gasteiger partial charge is 0.419 e. The number of hydrogen-bond acceptors (Lipinski definition) is 2. The van der Waals surface area contributed by atoms with Crippen molar-refractivity contribution in [2.24, 2.45) is 0 Å². The lowest BCUT2D eigenvalue weighted by Gasteiger charge is -2.11. The number of rotatable bonds is 1. The van der Waals surface area contributed by atoms with Crippen LogP contribution < -0.4 is 0 Å². The van der Waals surface area contributed by atoms with E-state index in [1.54, 1.807) is 0 Å². The summed E-state index contributed by atoms with van der Waals surface area (Å²) in [6.07, 6.45) is -3.09. The van der Waals surface area contributed by atoms with Crippen molar-refractivity contribution >= 4 is 11.3 Å². The zero-order valence-corrected chi connectivity index (χ0v) is 8.79. The average Bonchev–Trinajstić information content (AvgIpc) is 2.58. The van der Waals surface area contributed by atoms with Gasteiger partial charge in [0.1, 0.15) is 0 Å². The third kappa shape index (κ3) is 2.18. The smallest absolute Gasteiger partial charge is 0.379 e. The number of aliphatic hydroxyl groups excluding tert-OH is 1. The number of halogens is 3. The number of fused-ring (bicyclic) bond motifs is 1. The molecule has 0 bridgehead atoms. The minimum absolute atomic E-state index is 0.0365. The Hall–Kier alpha value is -0.550. The number of aliphatic hydroxyl groups is 1. The summed E-state index contributed by atoms with van der Waals surface area (Å²) in [5.41, 5.74) is 0.990. The third-order valence-electron chi connectivity index (χ3n) is 2.60. The van der Waals surface area contributed by atoms with Crippen molar-refractivity contribution in [3.05, 3.63) is 21.4 Å². The van der Waals surface area contributed by atoms with E-state index in [1.807, 2.05) is 0 Å². The van der Waals surface area contributed by atoms with Gasteiger partial charge in [-0.3, -0.25) is 0 Å². The first-order valence-corrected chi connectivity index (χ1v) is 5.66. The Bertz CT molecular complexity index is 333. The Balaban J connectivity index is 2.26. The van der Waals surface area contributed by atoms with Crippen LogP contribution in [0.4, 0.5) is 13.2 Å². The Morgan fingerprint density at radius 2 is 1.93 bits per heavy atom. The lowest BCUT2D eigenvalue weighted by atomic mass is 9.99. The molecular formula is C10H11F3OS. The molecule has 84 valence electrons. The van der Waals surface area contributed by atoms with E-state index in [-0.39, 0.29) is 4.88 Å². The topological polar surface area (TPSA) is 20.2 Å². The van der Waals surface area contributed by atoms with E-state index in [2.05, 4.69) is 0 Å². The van der Waals surface area contributed by atoms with Gasteiger partial charge in [0.05, 0.1) is 0 Å². The molecular weight excluding hydrogens is 225 g/mol. The molecule has 1 heterocycles. The van der Waals surface area contributed by atoms with E-state index in [9.17, 15) is 13.2 Å². The Morgan fingerprint density at radius 3 is 2.53 bits per heavy atom. The van der Waals surface area contributed by atoms with Crippen LogP contribution in [0.2, 0.25) is 0 Å². The van der Waals surface area contributed by atoms with Gasteiger partial charge in [-0.15, -0.1) is 11.3 Å². The first kappa shape index (κ1) is 11.0. The normalized spacial score (nSPS) is 18.7. The third-order valence-corrected chi connectivity index (χ3v) is 3.88. The second-order valence-electron chi connectivity index (χ2n) is 3.75. The molecule has 0 saturated heterocycles. The zero-order valence-electron chi connectivity index (χ0n) is 7.97. The molecule has 0 amide bonds. The summed E-state index contributed by atoms with van der Waals surface area (Å²) >= 11 is 1.10. The number of alkyl halides is 3. The molecule has 2 rings (SSSR count). The number of aryl methyl sites for hydroxylation is 2. The van der Waals surface area contributed by atoms with Gasteiger partial charge in [0.2, 0.25) is 0 Å². The average molecular weight is 236 g/mol. The van der Waals surface area contributed by atoms with Crippen molar-refractivity contribution in [3.8, 4) is 0 Å². The lowest BCUT2D eigenvalue weighted by molar-refractivity contribution is -0.205. The summed E-state index contributed by atoms with van der Waals surface area (Å²) < 4.78 is 36.8. The first-order valence-electron chi connectivity index (χ1n) is 4.85. The highest BCUT2D eigenvalue weighted by Crippen LogP contribution is 2.39. The van der Waals surface area contributed by atoms with Gasteiger partial charge in [0.15, 0.2) is 6.10 Å². The second-order valence-corrected chi connectivity index (χ2v) is 4.92. The summed E-state index contributed by atoms with van der Waals surface area (Å²) in [4.78, 5) is 1.05. The second kappa shape index (κ2) is 3.79. The molecule has 0 aliphatic heterocycles. The van der Waals surface area contributed by atoms with E-state index in [4.69, 9.17) is 5.11 Å². The molecule has 0 radical (unpaired) electrons. The molecule has 1 aliphatic carbocycles. The van der Waals surface area contributed by atoms with Crippen LogP contribution in [0.25, 0.3) is 0 Å².